The van der Waals surface area contributed by atoms with Crippen molar-refractivity contribution < 1.29 is 37.1 Å². The van der Waals surface area contributed by atoms with E-state index in [1.165, 1.54) is 12.1 Å². The highest BCUT2D eigenvalue weighted by Gasteiger charge is 2.43. The van der Waals surface area contributed by atoms with Crippen LogP contribution in [0.1, 0.15) is 47.9 Å². The number of hydrogen-bond acceptors (Lipinski definition) is 6. The lowest BCUT2D eigenvalue weighted by Gasteiger charge is -2.37. The summed E-state index contributed by atoms with van der Waals surface area (Å²) in [6.07, 6.45) is -1.16. The van der Waals surface area contributed by atoms with Gasteiger partial charge in [0.05, 0.1) is 17.8 Å². The number of benzene rings is 2. The molecule has 2 aromatic carbocycles. The second-order valence-electron chi connectivity index (χ2n) is 9.77. The molecule has 8 nitrogen and oxygen atoms in total. The molecule has 2 amide bonds. The number of alkyl carbamates (subject to hydrolysis) is 1. The van der Waals surface area contributed by atoms with Gasteiger partial charge in [-0.2, -0.15) is 13.2 Å². The smallest absolute Gasteiger partial charge is 0.416 e. The van der Waals surface area contributed by atoms with E-state index in [2.05, 4.69) is 10.5 Å². The highest BCUT2D eigenvalue weighted by atomic mass is 19.4. The summed E-state index contributed by atoms with van der Waals surface area (Å²) in [5.41, 5.74) is 2.12. The van der Waals surface area contributed by atoms with Gasteiger partial charge in [-0.25, -0.2) is 4.79 Å². The fourth-order valence-corrected chi connectivity index (χ4v) is 4.98. The number of nitrogens with one attached hydrogen (secondary N) is 1. The average molecular weight is 532 g/mol. The van der Waals surface area contributed by atoms with Gasteiger partial charge in [0.1, 0.15) is 18.0 Å². The number of carbonyl (C=O) groups excluding carboxylic acids is 2. The quantitative estimate of drug-likeness (QED) is 0.557. The van der Waals surface area contributed by atoms with Crippen molar-refractivity contribution in [2.24, 2.45) is 5.16 Å². The number of fused-ring (bicyclic) bond motifs is 1. The number of carbonyl (C=O) groups is 2. The number of ether oxygens (including phenoxy) is 2. The van der Waals surface area contributed by atoms with Crippen LogP contribution in [0.2, 0.25) is 0 Å². The fraction of sp³-hybridized carbons (Fsp3) is 0.444. The maximum Gasteiger partial charge on any atom is 0.416 e. The molecule has 202 valence electrons. The minimum absolute atomic E-state index is 0.0663. The number of halogens is 3. The van der Waals surface area contributed by atoms with Crippen molar-refractivity contribution in [1.29, 1.82) is 0 Å². The van der Waals surface area contributed by atoms with Crippen LogP contribution >= 0.6 is 0 Å². The SMILES string of the molecule is O=C1NCC2(CCN(C(=O)COc3ccc4c(c3)CCC/C4=N/OCc3ccc(C(F)(F)F)cc3)CC2)O1. The summed E-state index contributed by atoms with van der Waals surface area (Å²) in [5.74, 6) is 0.472. The van der Waals surface area contributed by atoms with E-state index in [-0.39, 0.29) is 19.1 Å². The van der Waals surface area contributed by atoms with Crippen LogP contribution in [0.5, 0.6) is 5.75 Å². The van der Waals surface area contributed by atoms with Gasteiger partial charge in [0.25, 0.3) is 5.91 Å². The van der Waals surface area contributed by atoms with Gasteiger partial charge in [-0.15, -0.1) is 0 Å². The van der Waals surface area contributed by atoms with Gasteiger partial charge in [-0.1, -0.05) is 17.3 Å². The predicted molar refractivity (Wildman–Crippen MR) is 131 cm³/mol. The Bertz CT molecular complexity index is 1220. The molecular weight excluding hydrogens is 503 g/mol. The van der Waals surface area contributed by atoms with Gasteiger partial charge < -0.3 is 24.5 Å². The molecule has 38 heavy (non-hydrogen) atoms. The van der Waals surface area contributed by atoms with E-state index in [9.17, 15) is 22.8 Å². The maximum absolute atomic E-state index is 12.7. The van der Waals surface area contributed by atoms with Crippen LogP contribution in [0.25, 0.3) is 0 Å². The number of amides is 2. The zero-order valence-electron chi connectivity index (χ0n) is 20.7. The Morgan fingerprint density at radius 1 is 1.11 bits per heavy atom. The van der Waals surface area contributed by atoms with Gasteiger partial charge in [0, 0.05) is 31.5 Å². The second-order valence-corrected chi connectivity index (χ2v) is 9.77. The molecule has 1 aliphatic carbocycles. The van der Waals surface area contributed by atoms with E-state index in [1.54, 1.807) is 11.0 Å². The third kappa shape index (κ3) is 5.87. The average Bonchev–Trinajstić information content (AvgIpc) is 3.27. The summed E-state index contributed by atoms with van der Waals surface area (Å²) >= 11 is 0. The molecular formula is C27H28F3N3O5. The third-order valence-electron chi connectivity index (χ3n) is 7.19. The van der Waals surface area contributed by atoms with Gasteiger partial charge in [0.2, 0.25) is 0 Å². The number of alkyl halides is 3. The van der Waals surface area contributed by atoms with Crippen LogP contribution in [0, 0.1) is 0 Å². The number of oxime groups is 1. The van der Waals surface area contributed by atoms with E-state index < -0.39 is 23.4 Å². The van der Waals surface area contributed by atoms with Crippen LogP contribution in [0.3, 0.4) is 0 Å². The Morgan fingerprint density at radius 3 is 2.55 bits per heavy atom. The number of nitrogens with zero attached hydrogens (tertiary/aromatic N) is 2. The van der Waals surface area contributed by atoms with Crippen LogP contribution in [0.4, 0.5) is 18.0 Å². The molecule has 0 unspecified atom stereocenters. The molecule has 1 N–H and O–H groups in total. The summed E-state index contributed by atoms with van der Waals surface area (Å²) in [5, 5.41) is 6.93. The van der Waals surface area contributed by atoms with Crippen molar-refractivity contribution in [3.8, 4) is 5.75 Å². The Kier molecular flexibility index (Phi) is 7.18. The molecule has 11 heteroatoms. The van der Waals surface area contributed by atoms with Crippen molar-refractivity contribution in [1.82, 2.24) is 10.2 Å². The highest BCUT2D eigenvalue weighted by Crippen LogP contribution is 2.31. The summed E-state index contributed by atoms with van der Waals surface area (Å²) < 4.78 is 49.4. The molecule has 2 saturated heterocycles. The Balaban J connectivity index is 1.13. The maximum atomic E-state index is 12.7. The first-order valence-corrected chi connectivity index (χ1v) is 12.6. The minimum Gasteiger partial charge on any atom is -0.484 e. The normalized spacial score (nSPS) is 19.6. The van der Waals surface area contributed by atoms with E-state index in [4.69, 9.17) is 14.3 Å². The van der Waals surface area contributed by atoms with Crippen LogP contribution in [0.15, 0.2) is 47.6 Å². The predicted octanol–water partition coefficient (Wildman–Crippen LogP) is 4.44. The van der Waals surface area contributed by atoms with Gasteiger partial charge in [-0.05, 0) is 60.7 Å². The van der Waals surface area contributed by atoms with Crippen molar-refractivity contribution in [2.75, 3.05) is 26.2 Å². The zero-order chi connectivity index (χ0) is 26.8. The molecule has 0 saturated carbocycles. The molecule has 2 aliphatic heterocycles. The van der Waals surface area contributed by atoms with E-state index in [0.29, 0.717) is 43.8 Å². The van der Waals surface area contributed by atoms with E-state index in [1.807, 2.05) is 12.1 Å². The van der Waals surface area contributed by atoms with Crippen molar-refractivity contribution in [3.63, 3.8) is 0 Å². The fourth-order valence-electron chi connectivity index (χ4n) is 4.98. The zero-order valence-corrected chi connectivity index (χ0v) is 20.7. The van der Waals surface area contributed by atoms with Crippen LogP contribution in [-0.4, -0.2) is 54.5 Å². The number of rotatable bonds is 6. The monoisotopic (exact) mass is 531 g/mol. The van der Waals surface area contributed by atoms with E-state index in [0.717, 1.165) is 48.2 Å². The first-order chi connectivity index (χ1) is 18.2. The molecule has 2 aromatic rings. The van der Waals surface area contributed by atoms with Crippen LogP contribution < -0.4 is 10.1 Å². The highest BCUT2D eigenvalue weighted by molar-refractivity contribution is 6.02. The van der Waals surface area contributed by atoms with Crippen molar-refractivity contribution in [3.05, 3.63) is 64.7 Å². The first-order valence-electron chi connectivity index (χ1n) is 12.6. The van der Waals surface area contributed by atoms with Crippen molar-refractivity contribution >= 4 is 17.7 Å². The number of aryl methyl sites for hydroxylation is 1. The van der Waals surface area contributed by atoms with Crippen LogP contribution in [-0.2, 0) is 33.6 Å². The van der Waals surface area contributed by atoms with Gasteiger partial charge >= 0.3 is 12.3 Å². The standard InChI is InChI=1S/C27H28F3N3O5/c28-27(29,30)20-6-4-18(5-7-20)15-37-32-23-3-1-2-19-14-21(8-9-22(19)23)36-16-24(34)33-12-10-26(11-13-33)17-31-25(35)38-26/h4-9,14H,1-3,10-13,15-17H2,(H,31,35)/b32-23-. The molecule has 1 spiro atoms. The summed E-state index contributed by atoms with van der Waals surface area (Å²) in [4.78, 5) is 31.2. The lowest BCUT2D eigenvalue weighted by molar-refractivity contribution is -0.138. The molecule has 0 radical (unpaired) electrons. The molecule has 2 fully saturated rings. The van der Waals surface area contributed by atoms with Crippen molar-refractivity contribution in [2.45, 2.75) is 50.5 Å². The first kappa shape index (κ1) is 25.9. The molecule has 0 aromatic heterocycles. The molecule has 0 atom stereocenters. The Hall–Kier alpha value is -3.76. The largest absolute Gasteiger partial charge is 0.484 e. The summed E-state index contributed by atoms with van der Waals surface area (Å²) in [6, 6.07) is 10.4. The van der Waals surface area contributed by atoms with Gasteiger partial charge in [0.15, 0.2) is 6.61 Å². The molecule has 5 rings (SSSR count). The van der Waals surface area contributed by atoms with E-state index >= 15 is 0 Å². The Morgan fingerprint density at radius 2 is 1.87 bits per heavy atom. The second kappa shape index (κ2) is 10.5. The number of hydrogen-bond donors (Lipinski definition) is 1. The number of piperidine rings is 1. The number of likely N-dealkylation sites (tertiary alicyclic amines) is 1. The molecule has 2 heterocycles. The third-order valence-corrected chi connectivity index (χ3v) is 7.19. The lowest BCUT2D eigenvalue weighted by atomic mass is 9.90. The minimum atomic E-state index is -4.37. The summed E-state index contributed by atoms with van der Waals surface area (Å²) in [7, 11) is 0. The van der Waals surface area contributed by atoms with Gasteiger partial charge in [-0.3, -0.25) is 4.79 Å². The Labute approximate surface area is 217 Å². The molecule has 0 bridgehead atoms. The lowest BCUT2D eigenvalue weighted by Crippen LogP contribution is -2.49. The summed E-state index contributed by atoms with van der Waals surface area (Å²) in [6.45, 7) is 1.48. The molecule has 3 aliphatic rings. The topological polar surface area (TPSA) is 89.5 Å².